The van der Waals surface area contributed by atoms with Crippen molar-refractivity contribution in [2.24, 2.45) is 12.1 Å². The van der Waals surface area contributed by atoms with Gasteiger partial charge in [-0.3, -0.25) is 9.48 Å². The molecule has 18 heavy (non-hydrogen) atoms. The lowest BCUT2D eigenvalue weighted by Crippen LogP contribution is -2.20. The van der Waals surface area contributed by atoms with Crippen molar-refractivity contribution in [3.8, 4) is 5.75 Å². The summed E-state index contributed by atoms with van der Waals surface area (Å²) < 4.78 is 1.45. The van der Waals surface area contributed by atoms with Crippen molar-refractivity contribution in [2.75, 3.05) is 0 Å². The fourth-order valence-electron chi connectivity index (χ4n) is 1.41. The minimum absolute atomic E-state index is 0.107. The first kappa shape index (κ1) is 11.8. The number of rotatable bonds is 3. The van der Waals surface area contributed by atoms with Gasteiger partial charge in [-0.2, -0.15) is 10.2 Å². The van der Waals surface area contributed by atoms with Crippen LogP contribution in [-0.4, -0.2) is 27.0 Å². The van der Waals surface area contributed by atoms with Gasteiger partial charge in [0.1, 0.15) is 11.4 Å². The number of carbonyl (C=O) groups is 1. The molecule has 0 aliphatic rings. The quantitative estimate of drug-likeness (QED) is 0.621. The number of hydrogen-bond donors (Lipinski definition) is 2. The van der Waals surface area contributed by atoms with Crippen molar-refractivity contribution in [3.05, 3.63) is 47.8 Å². The van der Waals surface area contributed by atoms with Gasteiger partial charge in [0.15, 0.2) is 0 Å². The summed E-state index contributed by atoms with van der Waals surface area (Å²) in [4.78, 5) is 11.7. The van der Waals surface area contributed by atoms with Gasteiger partial charge in [-0.25, -0.2) is 5.43 Å². The van der Waals surface area contributed by atoms with E-state index in [9.17, 15) is 9.90 Å². The second-order valence-electron chi connectivity index (χ2n) is 3.60. The van der Waals surface area contributed by atoms with Crippen LogP contribution in [0.15, 0.2) is 41.6 Å². The maximum absolute atomic E-state index is 11.7. The molecule has 2 N–H and O–H groups in total. The van der Waals surface area contributed by atoms with Gasteiger partial charge in [0, 0.05) is 18.8 Å². The molecule has 2 rings (SSSR count). The van der Waals surface area contributed by atoms with Crippen LogP contribution in [0.3, 0.4) is 0 Å². The van der Waals surface area contributed by atoms with Crippen molar-refractivity contribution in [3.63, 3.8) is 0 Å². The Hall–Kier alpha value is -2.63. The highest BCUT2D eigenvalue weighted by molar-refractivity contribution is 5.93. The summed E-state index contributed by atoms with van der Waals surface area (Å²) in [6, 6.07) is 8.30. The maximum Gasteiger partial charge on any atom is 0.289 e. The second kappa shape index (κ2) is 5.13. The molecule has 1 amide bonds. The average molecular weight is 244 g/mol. The van der Waals surface area contributed by atoms with Gasteiger partial charge in [-0.1, -0.05) is 12.1 Å². The molecule has 0 aliphatic carbocycles. The monoisotopic (exact) mass is 244 g/mol. The fourth-order valence-corrected chi connectivity index (χ4v) is 1.41. The lowest BCUT2D eigenvalue weighted by atomic mass is 10.2. The van der Waals surface area contributed by atoms with Gasteiger partial charge in [0.25, 0.3) is 5.91 Å². The van der Waals surface area contributed by atoms with Crippen LogP contribution in [0.5, 0.6) is 5.75 Å². The number of benzene rings is 1. The first-order valence-electron chi connectivity index (χ1n) is 5.28. The summed E-state index contributed by atoms with van der Waals surface area (Å²) in [5.74, 6) is -0.252. The van der Waals surface area contributed by atoms with E-state index in [0.717, 1.165) is 0 Å². The number of carbonyl (C=O) groups excluding carboxylic acids is 1. The van der Waals surface area contributed by atoms with Crippen molar-refractivity contribution in [2.45, 2.75) is 0 Å². The Bertz CT molecular complexity index is 589. The van der Waals surface area contributed by atoms with Crippen LogP contribution in [0.2, 0.25) is 0 Å². The average Bonchev–Trinajstić information content (AvgIpc) is 2.78. The summed E-state index contributed by atoms with van der Waals surface area (Å²) in [5, 5.41) is 17.1. The number of amides is 1. The van der Waals surface area contributed by atoms with E-state index in [1.807, 2.05) is 0 Å². The van der Waals surface area contributed by atoms with Gasteiger partial charge in [-0.15, -0.1) is 0 Å². The molecular formula is C12H12N4O2. The first-order chi connectivity index (χ1) is 8.68. The van der Waals surface area contributed by atoms with E-state index in [-0.39, 0.29) is 11.7 Å². The van der Waals surface area contributed by atoms with Gasteiger partial charge in [0.05, 0.1) is 6.21 Å². The molecule has 0 radical (unpaired) electrons. The van der Waals surface area contributed by atoms with Crippen LogP contribution < -0.4 is 5.43 Å². The lowest BCUT2D eigenvalue weighted by molar-refractivity contribution is 0.0945. The Labute approximate surface area is 104 Å². The van der Waals surface area contributed by atoms with Crippen molar-refractivity contribution >= 4 is 12.1 Å². The third kappa shape index (κ3) is 2.54. The van der Waals surface area contributed by atoms with Crippen molar-refractivity contribution < 1.29 is 9.90 Å². The first-order valence-corrected chi connectivity index (χ1v) is 5.28. The molecule has 2 aromatic rings. The van der Waals surface area contributed by atoms with Crippen molar-refractivity contribution in [1.82, 2.24) is 15.2 Å². The van der Waals surface area contributed by atoms with E-state index in [4.69, 9.17) is 0 Å². The third-order valence-corrected chi connectivity index (χ3v) is 2.36. The second-order valence-corrected chi connectivity index (χ2v) is 3.60. The fraction of sp³-hybridized carbons (Fsp3) is 0.0833. The Morgan fingerprint density at radius 1 is 1.44 bits per heavy atom. The molecule has 1 aromatic heterocycles. The van der Waals surface area contributed by atoms with Gasteiger partial charge in [-0.05, 0) is 18.2 Å². The number of hydrazone groups is 1. The van der Waals surface area contributed by atoms with Crippen LogP contribution in [0.25, 0.3) is 0 Å². The van der Waals surface area contributed by atoms with Gasteiger partial charge >= 0.3 is 0 Å². The van der Waals surface area contributed by atoms with Crippen molar-refractivity contribution in [1.29, 1.82) is 0 Å². The van der Waals surface area contributed by atoms with E-state index >= 15 is 0 Å². The van der Waals surface area contributed by atoms with Crippen LogP contribution in [0.4, 0.5) is 0 Å². The SMILES string of the molecule is Cn1nccc1C(=O)N/N=C\c1ccccc1O. The summed E-state index contributed by atoms with van der Waals surface area (Å²) >= 11 is 0. The molecule has 1 aromatic carbocycles. The van der Waals surface area contributed by atoms with E-state index in [1.54, 1.807) is 37.4 Å². The molecule has 0 unspecified atom stereocenters. The third-order valence-electron chi connectivity index (χ3n) is 2.36. The van der Waals surface area contributed by atoms with Gasteiger partial charge < -0.3 is 5.11 Å². The zero-order chi connectivity index (χ0) is 13.0. The number of aromatic nitrogens is 2. The molecule has 0 saturated heterocycles. The lowest BCUT2D eigenvalue weighted by Gasteiger charge is -2.00. The smallest absolute Gasteiger partial charge is 0.289 e. The summed E-state index contributed by atoms with van der Waals surface area (Å²) in [6.07, 6.45) is 2.91. The predicted octanol–water partition coefficient (Wildman–Crippen LogP) is 0.890. The van der Waals surface area contributed by atoms with Crippen LogP contribution in [-0.2, 0) is 7.05 Å². The molecular weight excluding hydrogens is 232 g/mol. The highest BCUT2D eigenvalue weighted by Gasteiger charge is 2.07. The molecule has 0 spiro atoms. The highest BCUT2D eigenvalue weighted by Crippen LogP contribution is 2.12. The van der Waals surface area contributed by atoms with Crippen LogP contribution >= 0.6 is 0 Å². The molecule has 0 bridgehead atoms. The number of phenols is 1. The summed E-state index contributed by atoms with van der Waals surface area (Å²) in [6.45, 7) is 0. The Morgan fingerprint density at radius 2 is 2.22 bits per heavy atom. The normalized spacial score (nSPS) is 10.7. The molecule has 0 fully saturated rings. The van der Waals surface area contributed by atoms with Crippen LogP contribution in [0.1, 0.15) is 16.1 Å². The summed E-state index contributed by atoms with van der Waals surface area (Å²) in [7, 11) is 1.67. The topological polar surface area (TPSA) is 79.5 Å². The molecule has 92 valence electrons. The number of nitrogens with one attached hydrogen (secondary N) is 1. The molecule has 1 heterocycles. The number of aromatic hydroxyl groups is 1. The van der Waals surface area contributed by atoms with E-state index in [1.165, 1.54) is 17.1 Å². The molecule has 6 nitrogen and oxygen atoms in total. The molecule has 6 heteroatoms. The van der Waals surface area contributed by atoms with Gasteiger partial charge in [0.2, 0.25) is 0 Å². The zero-order valence-electron chi connectivity index (χ0n) is 9.74. The van der Waals surface area contributed by atoms with E-state index < -0.39 is 0 Å². The molecule has 0 aliphatic heterocycles. The minimum atomic E-state index is -0.360. The maximum atomic E-state index is 11.7. The number of hydrogen-bond acceptors (Lipinski definition) is 4. The minimum Gasteiger partial charge on any atom is -0.507 e. The largest absolute Gasteiger partial charge is 0.507 e. The Kier molecular flexibility index (Phi) is 3.38. The van der Waals surface area contributed by atoms with E-state index in [2.05, 4.69) is 15.6 Å². The number of para-hydroxylation sites is 1. The predicted molar refractivity (Wildman–Crippen MR) is 66.4 cm³/mol. The standard InChI is InChI=1S/C12H12N4O2/c1-16-10(6-7-14-16)12(18)15-13-8-9-4-2-3-5-11(9)17/h2-8,17H,1H3,(H,15,18)/b13-8-. The zero-order valence-corrected chi connectivity index (χ0v) is 9.74. The van der Waals surface area contributed by atoms with Crippen LogP contribution in [0, 0.1) is 0 Å². The Balaban J connectivity index is 2.03. The molecule has 0 atom stereocenters. The summed E-state index contributed by atoms with van der Waals surface area (Å²) in [5.41, 5.74) is 3.30. The number of nitrogens with zero attached hydrogens (tertiary/aromatic N) is 3. The van der Waals surface area contributed by atoms with E-state index in [0.29, 0.717) is 11.3 Å². The number of phenolic OH excluding ortho intramolecular Hbond substituents is 1. The number of aryl methyl sites for hydroxylation is 1. The Morgan fingerprint density at radius 3 is 2.89 bits per heavy atom. The molecule has 0 saturated carbocycles. The highest BCUT2D eigenvalue weighted by atomic mass is 16.3.